The van der Waals surface area contributed by atoms with Crippen LogP contribution in [-0.4, -0.2) is 58.3 Å². The number of rotatable bonds is 7. The third-order valence-electron chi connectivity index (χ3n) is 3.59. The number of nitrogens with one attached hydrogen (secondary N) is 1. The summed E-state index contributed by atoms with van der Waals surface area (Å²) in [7, 11) is 3.33. The molecule has 0 aliphatic rings. The Balaban J connectivity index is 2.90. The number of aliphatic imine (C=N–C) groups is 1. The maximum absolute atomic E-state index is 12.4. The predicted molar refractivity (Wildman–Crippen MR) is 95.1 cm³/mol. The van der Waals surface area contributed by atoms with E-state index in [2.05, 4.69) is 17.2 Å². The minimum Gasteiger partial charge on any atom is -0.352 e. The standard InChI is InChI=1S/C16H28N4O2S/c1-6-7-12-20(5)16(17-2)18-13-14-10-8-9-11-15(14)23(21,22)19(3)4/h8-11H,6-7,12-13H2,1-5H3,(H,17,18). The molecule has 130 valence electrons. The average Bonchev–Trinajstić information content (AvgIpc) is 2.53. The molecule has 1 aromatic rings. The Morgan fingerprint density at radius 3 is 2.43 bits per heavy atom. The lowest BCUT2D eigenvalue weighted by molar-refractivity contribution is 0.464. The van der Waals surface area contributed by atoms with Gasteiger partial charge in [0, 0.05) is 41.3 Å². The molecule has 0 unspecified atom stereocenters. The molecular weight excluding hydrogens is 312 g/mol. The molecule has 1 N–H and O–H groups in total. The van der Waals surface area contributed by atoms with Gasteiger partial charge in [0.1, 0.15) is 0 Å². The molecule has 0 bridgehead atoms. The topological polar surface area (TPSA) is 65.0 Å². The third kappa shape index (κ3) is 5.21. The van der Waals surface area contributed by atoms with E-state index in [1.807, 2.05) is 24.1 Å². The highest BCUT2D eigenvalue weighted by Gasteiger charge is 2.20. The van der Waals surface area contributed by atoms with E-state index in [1.54, 1.807) is 19.2 Å². The van der Waals surface area contributed by atoms with Crippen LogP contribution in [0.5, 0.6) is 0 Å². The Morgan fingerprint density at radius 2 is 1.87 bits per heavy atom. The first-order chi connectivity index (χ1) is 10.8. The summed E-state index contributed by atoms with van der Waals surface area (Å²) in [5.41, 5.74) is 0.728. The van der Waals surface area contributed by atoms with E-state index in [0.717, 1.165) is 30.9 Å². The van der Waals surface area contributed by atoms with E-state index in [1.165, 1.54) is 18.4 Å². The first-order valence-corrected chi connectivity index (χ1v) is 9.20. The van der Waals surface area contributed by atoms with Gasteiger partial charge in [0.15, 0.2) is 5.96 Å². The number of hydrogen-bond donors (Lipinski definition) is 1. The van der Waals surface area contributed by atoms with Crippen LogP contribution < -0.4 is 5.32 Å². The molecule has 0 saturated carbocycles. The Labute approximate surface area is 140 Å². The van der Waals surface area contributed by atoms with Crippen LogP contribution in [0.3, 0.4) is 0 Å². The van der Waals surface area contributed by atoms with Crippen LogP contribution in [0.1, 0.15) is 25.3 Å². The lowest BCUT2D eigenvalue weighted by Gasteiger charge is -2.22. The van der Waals surface area contributed by atoms with Gasteiger partial charge in [-0.2, -0.15) is 0 Å². The lowest BCUT2D eigenvalue weighted by atomic mass is 10.2. The summed E-state index contributed by atoms with van der Waals surface area (Å²) in [4.78, 5) is 6.63. The molecule has 0 fully saturated rings. The second-order valence-electron chi connectivity index (χ2n) is 5.57. The second-order valence-corrected chi connectivity index (χ2v) is 7.69. The molecule has 1 aromatic carbocycles. The van der Waals surface area contributed by atoms with Crippen LogP contribution in [0.25, 0.3) is 0 Å². The van der Waals surface area contributed by atoms with Gasteiger partial charge in [0.2, 0.25) is 10.0 Å². The highest BCUT2D eigenvalue weighted by molar-refractivity contribution is 7.89. The Bertz CT molecular complexity index is 627. The van der Waals surface area contributed by atoms with E-state index in [0.29, 0.717) is 11.4 Å². The third-order valence-corrected chi connectivity index (χ3v) is 5.50. The summed E-state index contributed by atoms with van der Waals surface area (Å²) in [6.07, 6.45) is 2.20. The molecule has 7 heteroatoms. The molecule has 0 aliphatic heterocycles. The summed E-state index contributed by atoms with van der Waals surface area (Å²) >= 11 is 0. The van der Waals surface area contributed by atoms with Gasteiger partial charge in [-0.1, -0.05) is 31.5 Å². The zero-order valence-corrected chi connectivity index (χ0v) is 15.5. The van der Waals surface area contributed by atoms with Crippen molar-refractivity contribution in [2.24, 2.45) is 4.99 Å². The van der Waals surface area contributed by atoms with Gasteiger partial charge >= 0.3 is 0 Å². The van der Waals surface area contributed by atoms with Crippen LogP contribution in [0.2, 0.25) is 0 Å². The first kappa shape index (κ1) is 19.4. The molecule has 23 heavy (non-hydrogen) atoms. The van der Waals surface area contributed by atoms with Crippen molar-refractivity contribution in [3.8, 4) is 0 Å². The molecule has 6 nitrogen and oxygen atoms in total. The number of nitrogens with zero attached hydrogens (tertiary/aromatic N) is 3. The zero-order valence-electron chi connectivity index (χ0n) is 14.7. The van der Waals surface area contributed by atoms with Gasteiger partial charge < -0.3 is 10.2 Å². The Morgan fingerprint density at radius 1 is 1.22 bits per heavy atom. The van der Waals surface area contributed by atoms with Crippen LogP contribution >= 0.6 is 0 Å². The smallest absolute Gasteiger partial charge is 0.242 e. The molecule has 0 spiro atoms. The van der Waals surface area contributed by atoms with Crippen LogP contribution in [0, 0.1) is 0 Å². The minimum absolute atomic E-state index is 0.323. The number of unbranched alkanes of at least 4 members (excludes halogenated alkanes) is 1. The van der Waals surface area contributed by atoms with Crippen molar-refractivity contribution in [2.75, 3.05) is 34.7 Å². The van der Waals surface area contributed by atoms with Gasteiger partial charge in [-0.05, 0) is 18.1 Å². The molecule has 0 amide bonds. The van der Waals surface area contributed by atoms with Crippen LogP contribution in [-0.2, 0) is 16.6 Å². The fourth-order valence-electron chi connectivity index (χ4n) is 2.16. The monoisotopic (exact) mass is 340 g/mol. The fraction of sp³-hybridized carbons (Fsp3) is 0.562. The van der Waals surface area contributed by atoms with E-state index < -0.39 is 10.0 Å². The Kier molecular flexibility index (Phi) is 7.51. The van der Waals surface area contributed by atoms with Crippen molar-refractivity contribution in [3.05, 3.63) is 29.8 Å². The lowest BCUT2D eigenvalue weighted by Crippen LogP contribution is -2.39. The van der Waals surface area contributed by atoms with Crippen molar-refractivity contribution in [1.82, 2.24) is 14.5 Å². The van der Waals surface area contributed by atoms with Gasteiger partial charge in [0.05, 0.1) is 4.90 Å². The Hall–Kier alpha value is -1.60. The molecule has 0 aromatic heterocycles. The van der Waals surface area contributed by atoms with E-state index in [4.69, 9.17) is 0 Å². The number of guanidine groups is 1. The zero-order chi connectivity index (χ0) is 17.5. The normalized spacial score (nSPS) is 12.5. The molecule has 0 saturated heterocycles. The molecule has 1 rings (SSSR count). The van der Waals surface area contributed by atoms with Crippen molar-refractivity contribution in [1.29, 1.82) is 0 Å². The first-order valence-electron chi connectivity index (χ1n) is 7.76. The van der Waals surface area contributed by atoms with Crippen LogP contribution in [0.15, 0.2) is 34.2 Å². The maximum Gasteiger partial charge on any atom is 0.242 e. The summed E-state index contributed by atoms with van der Waals surface area (Å²) in [5.74, 6) is 0.760. The molecule has 0 radical (unpaired) electrons. The fourth-order valence-corrected chi connectivity index (χ4v) is 3.27. The quantitative estimate of drug-likeness (QED) is 0.607. The van der Waals surface area contributed by atoms with Gasteiger partial charge in [0.25, 0.3) is 0 Å². The highest BCUT2D eigenvalue weighted by Crippen LogP contribution is 2.18. The van der Waals surface area contributed by atoms with Gasteiger partial charge in [-0.25, -0.2) is 12.7 Å². The van der Waals surface area contributed by atoms with Gasteiger partial charge in [-0.15, -0.1) is 0 Å². The van der Waals surface area contributed by atoms with E-state index in [9.17, 15) is 8.42 Å². The highest BCUT2D eigenvalue weighted by atomic mass is 32.2. The minimum atomic E-state index is -3.46. The second kappa shape index (κ2) is 8.88. The SMILES string of the molecule is CCCCN(C)C(=NC)NCc1ccccc1S(=O)(=O)N(C)C. The molecule has 0 atom stereocenters. The van der Waals surface area contributed by atoms with Crippen LogP contribution in [0.4, 0.5) is 0 Å². The summed E-state index contributed by atoms with van der Waals surface area (Å²) in [6.45, 7) is 3.46. The van der Waals surface area contributed by atoms with Gasteiger partial charge in [-0.3, -0.25) is 4.99 Å². The molecular formula is C16H28N4O2S. The summed E-state index contributed by atoms with van der Waals surface area (Å²) in [5, 5.41) is 3.24. The maximum atomic E-state index is 12.4. The summed E-state index contributed by atoms with van der Waals surface area (Å²) in [6, 6.07) is 7.04. The molecule has 0 heterocycles. The van der Waals surface area contributed by atoms with Crippen molar-refractivity contribution >= 4 is 16.0 Å². The van der Waals surface area contributed by atoms with Crippen molar-refractivity contribution in [2.45, 2.75) is 31.2 Å². The van der Waals surface area contributed by atoms with Crippen molar-refractivity contribution in [3.63, 3.8) is 0 Å². The van der Waals surface area contributed by atoms with E-state index >= 15 is 0 Å². The average molecular weight is 340 g/mol. The predicted octanol–water partition coefficient (Wildman–Crippen LogP) is 1.74. The van der Waals surface area contributed by atoms with Crippen molar-refractivity contribution < 1.29 is 8.42 Å². The van der Waals surface area contributed by atoms with E-state index in [-0.39, 0.29) is 0 Å². The molecule has 0 aliphatic carbocycles. The largest absolute Gasteiger partial charge is 0.352 e. The number of benzene rings is 1. The number of hydrogen-bond acceptors (Lipinski definition) is 3. The summed E-state index contributed by atoms with van der Waals surface area (Å²) < 4.78 is 26.0. The number of sulfonamides is 1.